The Kier molecular flexibility index (Phi) is 11.1. The predicted molar refractivity (Wildman–Crippen MR) is 78.2 cm³/mol. The smallest absolute Gasteiger partial charge is 0.306 e. The van der Waals surface area contributed by atoms with Gasteiger partial charge in [-0.05, 0) is 27.7 Å². The zero-order valence-corrected chi connectivity index (χ0v) is 13.7. The zero-order valence-electron chi connectivity index (χ0n) is 13.7. The van der Waals surface area contributed by atoms with Gasteiger partial charge in [0.05, 0.1) is 38.4 Å². The standard InChI is InChI=1S/C15H28O6/c1-11(16)6-7-15(17)21-14(4)10-20-13(3)9-19-12(2)8-18-5/h12-14H,6-10H2,1-5H3. The maximum Gasteiger partial charge on any atom is 0.306 e. The van der Waals surface area contributed by atoms with Crippen molar-refractivity contribution in [1.82, 2.24) is 0 Å². The number of hydrogen-bond acceptors (Lipinski definition) is 6. The molecule has 0 aromatic heterocycles. The molecule has 0 radical (unpaired) electrons. The normalized spacial score (nSPS) is 15.3. The third kappa shape index (κ3) is 12.5. The molecule has 0 saturated heterocycles. The van der Waals surface area contributed by atoms with Crippen LogP contribution in [-0.2, 0) is 28.5 Å². The molecule has 0 spiro atoms. The molecule has 3 unspecified atom stereocenters. The Morgan fingerprint density at radius 1 is 0.857 bits per heavy atom. The van der Waals surface area contributed by atoms with Gasteiger partial charge >= 0.3 is 5.97 Å². The monoisotopic (exact) mass is 304 g/mol. The fourth-order valence-corrected chi connectivity index (χ4v) is 1.53. The van der Waals surface area contributed by atoms with Crippen molar-refractivity contribution in [2.75, 3.05) is 26.9 Å². The average Bonchev–Trinajstić information content (AvgIpc) is 2.41. The Morgan fingerprint density at radius 2 is 1.38 bits per heavy atom. The Bertz CT molecular complexity index is 305. The van der Waals surface area contributed by atoms with Gasteiger partial charge in [0.15, 0.2) is 0 Å². The summed E-state index contributed by atoms with van der Waals surface area (Å²) in [6, 6.07) is 0. The lowest BCUT2D eigenvalue weighted by Gasteiger charge is -2.19. The zero-order chi connectivity index (χ0) is 16.3. The van der Waals surface area contributed by atoms with Gasteiger partial charge in [0.25, 0.3) is 0 Å². The summed E-state index contributed by atoms with van der Waals surface area (Å²) in [5.41, 5.74) is 0. The minimum atomic E-state index is -0.376. The van der Waals surface area contributed by atoms with Gasteiger partial charge in [0.2, 0.25) is 0 Å². The molecule has 124 valence electrons. The summed E-state index contributed by atoms with van der Waals surface area (Å²) in [6.45, 7) is 8.32. The summed E-state index contributed by atoms with van der Waals surface area (Å²) in [5.74, 6) is -0.397. The van der Waals surface area contributed by atoms with Crippen LogP contribution in [0.1, 0.15) is 40.5 Å². The number of rotatable bonds is 12. The summed E-state index contributed by atoms with van der Waals surface area (Å²) < 4.78 is 21.2. The SMILES string of the molecule is COCC(C)OCC(C)OCC(C)OC(=O)CCC(C)=O. The van der Waals surface area contributed by atoms with Crippen LogP contribution in [0.25, 0.3) is 0 Å². The first-order chi connectivity index (χ1) is 9.85. The van der Waals surface area contributed by atoms with Gasteiger partial charge in [-0.2, -0.15) is 0 Å². The molecule has 0 N–H and O–H groups in total. The Hall–Kier alpha value is -0.980. The van der Waals surface area contributed by atoms with Crippen molar-refractivity contribution >= 4 is 11.8 Å². The molecule has 6 nitrogen and oxygen atoms in total. The number of carbonyl (C=O) groups is 2. The van der Waals surface area contributed by atoms with Crippen LogP contribution >= 0.6 is 0 Å². The fourth-order valence-electron chi connectivity index (χ4n) is 1.53. The minimum absolute atomic E-state index is 0.0166. The first-order valence-corrected chi connectivity index (χ1v) is 7.26. The van der Waals surface area contributed by atoms with E-state index in [9.17, 15) is 9.59 Å². The van der Waals surface area contributed by atoms with Crippen molar-refractivity contribution in [2.45, 2.75) is 58.8 Å². The molecule has 0 saturated carbocycles. The van der Waals surface area contributed by atoms with Crippen LogP contribution in [0.2, 0.25) is 0 Å². The fraction of sp³-hybridized carbons (Fsp3) is 0.867. The molecular weight excluding hydrogens is 276 g/mol. The molecule has 0 heterocycles. The largest absolute Gasteiger partial charge is 0.460 e. The molecule has 21 heavy (non-hydrogen) atoms. The molecule has 0 aromatic carbocycles. The van der Waals surface area contributed by atoms with E-state index in [1.807, 2.05) is 13.8 Å². The van der Waals surface area contributed by atoms with Gasteiger partial charge in [-0.3, -0.25) is 4.79 Å². The van der Waals surface area contributed by atoms with Crippen LogP contribution in [0.15, 0.2) is 0 Å². The van der Waals surface area contributed by atoms with E-state index >= 15 is 0 Å². The summed E-state index contributed by atoms with van der Waals surface area (Å²) >= 11 is 0. The number of ether oxygens (including phenoxy) is 4. The number of Topliss-reactive ketones (excluding diaryl/α,β-unsaturated/α-hetero) is 1. The lowest BCUT2D eigenvalue weighted by Crippen LogP contribution is -2.27. The van der Waals surface area contributed by atoms with Crippen molar-refractivity contribution in [3.05, 3.63) is 0 Å². The van der Waals surface area contributed by atoms with Gasteiger partial charge < -0.3 is 23.7 Å². The number of hydrogen-bond donors (Lipinski definition) is 0. The third-order valence-corrected chi connectivity index (χ3v) is 2.65. The molecule has 0 aliphatic rings. The van der Waals surface area contributed by atoms with Crippen LogP contribution in [0.3, 0.4) is 0 Å². The van der Waals surface area contributed by atoms with Gasteiger partial charge in [-0.25, -0.2) is 0 Å². The highest BCUT2D eigenvalue weighted by molar-refractivity contribution is 5.81. The second-order valence-electron chi connectivity index (χ2n) is 5.25. The molecular formula is C15H28O6. The van der Waals surface area contributed by atoms with E-state index in [1.54, 1.807) is 14.0 Å². The summed E-state index contributed by atoms with van der Waals surface area (Å²) in [4.78, 5) is 22.2. The quantitative estimate of drug-likeness (QED) is 0.512. The first-order valence-electron chi connectivity index (χ1n) is 7.26. The van der Waals surface area contributed by atoms with E-state index in [4.69, 9.17) is 18.9 Å². The topological polar surface area (TPSA) is 71.1 Å². The highest BCUT2D eigenvalue weighted by Crippen LogP contribution is 2.02. The van der Waals surface area contributed by atoms with Gasteiger partial charge in [-0.1, -0.05) is 0 Å². The lowest BCUT2D eigenvalue weighted by atomic mass is 10.2. The first kappa shape index (κ1) is 20.0. The Balaban J connectivity index is 3.73. The maximum absolute atomic E-state index is 11.4. The van der Waals surface area contributed by atoms with E-state index in [-0.39, 0.29) is 42.9 Å². The van der Waals surface area contributed by atoms with Crippen molar-refractivity contribution in [2.24, 2.45) is 0 Å². The second kappa shape index (κ2) is 11.7. The van der Waals surface area contributed by atoms with Crippen LogP contribution in [-0.4, -0.2) is 57.0 Å². The molecule has 6 heteroatoms. The van der Waals surface area contributed by atoms with E-state index in [1.165, 1.54) is 6.92 Å². The number of carbonyl (C=O) groups excluding carboxylic acids is 2. The van der Waals surface area contributed by atoms with Crippen molar-refractivity contribution in [1.29, 1.82) is 0 Å². The predicted octanol–water partition coefficient (Wildman–Crippen LogP) is 1.74. The second-order valence-corrected chi connectivity index (χ2v) is 5.25. The molecule has 0 fully saturated rings. The Morgan fingerprint density at radius 3 is 1.90 bits per heavy atom. The van der Waals surface area contributed by atoms with Crippen LogP contribution in [0.4, 0.5) is 0 Å². The molecule has 0 aliphatic carbocycles. The van der Waals surface area contributed by atoms with Crippen molar-refractivity contribution in [3.8, 4) is 0 Å². The maximum atomic E-state index is 11.4. The Labute approximate surface area is 127 Å². The molecule has 0 rings (SSSR count). The van der Waals surface area contributed by atoms with Crippen LogP contribution in [0, 0.1) is 0 Å². The summed E-state index contributed by atoms with van der Waals surface area (Å²) in [7, 11) is 1.63. The van der Waals surface area contributed by atoms with E-state index in [0.717, 1.165) is 0 Å². The average molecular weight is 304 g/mol. The molecule has 0 bridgehead atoms. The van der Waals surface area contributed by atoms with Crippen molar-refractivity contribution < 1.29 is 28.5 Å². The lowest BCUT2D eigenvalue weighted by molar-refractivity contribution is -0.153. The highest BCUT2D eigenvalue weighted by Gasteiger charge is 2.13. The molecule has 3 atom stereocenters. The molecule has 0 amide bonds. The summed E-state index contributed by atoms with van der Waals surface area (Å²) in [6.07, 6.45) is -0.0881. The number of esters is 1. The van der Waals surface area contributed by atoms with Crippen LogP contribution in [0.5, 0.6) is 0 Å². The summed E-state index contributed by atoms with van der Waals surface area (Å²) in [5, 5.41) is 0. The van der Waals surface area contributed by atoms with E-state index in [0.29, 0.717) is 19.8 Å². The van der Waals surface area contributed by atoms with E-state index in [2.05, 4.69) is 0 Å². The number of methoxy groups -OCH3 is 1. The van der Waals surface area contributed by atoms with Gasteiger partial charge in [-0.15, -0.1) is 0 Å². The van der Waals surface area contributed by atoms with Crippen molar-refractivity contribution in [3.63, 3.8) is 0 Å². The van der Waals surface area contributed by atoms with Crippen LogP contribution < -0.4 is 0 Å². The number of ketones is 1. The molecule has 0 aromatic rings. The highest BCUT2D eigenvalue weighted by atomic mass is 16.6. The molecule has 0 aliphatic heterocycles. The minimum Gasteiger partial charge on any atom is -0.460 e. The van der Waals surface area contributed by atoms with Gasteiger partial charge in [0, 0.05) is 13.5 Å². The van der Waals surface area contributed by atoms with Gasteiger partial charge in [0.1, 0.15) is 11.9 Å². The third-order valence-electron chi connectivity index (χ3n) is 2.65. The van der Waals surface area contributed by atoms with E-state index < -0.39 is 0 Å².